The van der Waals surface area contributed by atoms with Crippen LogP contribution in [0.5, 0.6) is 17.2 Å². The maximum absolute atomic E-state index is 12.5. The summed E-state index contributed by atoms with van der Waals surface area (Å²) in [4.78, 5) is 46.6. The first-order valence-electron chi connectivity index (χ1n) is 7.69. The van der Waals surface area contributed by atoms with Gasteiger partial charge in [0, 0.05) is 25.2 Å². The Morgan fingerprint density at radius 1 is 1.04 bits per heavy atom. The highest BCUT2D eigenvalue weighted by atomic mass is 32.2. The number of carbonyl (C=O) groups is 4. The Morgan fingerprint density at radius 3 is 2.00 bits per heavy atom. The molecule has 0 saturated carbocycles. The lowest BCUT2D eigenvalue weighted by Crippen LogP contribution is -2.42. The molecule has 1 atom stereocenters. The van der Waals surface area contributed by atoms with E-state index in [-0.39, 0.29) is 28.6 Å². The molecule has 0 aliphatic heterocycles. The summed E-state index contributed by atoms with van der Waals surface area (Å²) in [5.41, 5.74) is 0.205. The van der Waals surface area contributed by atoms with Crippen LogP contribution in [0.4, 0.5) is 0 Å². The van der Waals surface area contributed by atoms with Crippen LogP contribution in [0.25, 0.3) is 0 Å². The van der Waals surface area contributed by atoms with Crippen molar-refractivity contribution in [3.05, 3.63) is 17.7 Å². The topological polar surface area (TPSA) is 117 Å². The second-order valence-corrected chi connectivity index (χ2v) is 6.17. The van der Waals surface area contributed by atoms with Gasteiger partial charge in [-0.05, 0) is 12.1 Å². The van der Waals surface area contributed by atoms with E-state index in [1.54, 1.807) is 0 Å². The van der Waals surface area contributed by atoms with Crippen LogP contribution in [0.2, 0.25) is 0 Å². The Bertz CT molecular complexity index is 709. The first kappa shape index (κ1) is 22.3. The van der Waals surface area contributed by atoms with Gasteiger partial charge in [0.25, 0.3) is 0 Å². The molecule has 0 aromatic heterocycles. The third-order valence-electron chi connectivity index (χ3n) is 3.19. The summed E-state index contributed by atoms with van der Waals surface area (Å²) in [6, 6.07) is 1.81. The minimum atomic E-state index is -0.967. The van der Waals surface area contributed by atoms with E-state index in [1.807, 2.05) is 0 Å². The maximum Gasteiger partial charge on any atom is 0.329 e. The van der Waals surface area contributed by atoms with Gasteiger partial charge >= 0.3 is 11.9 Å². The van der Waals surface area contributed by atoms with Crippen LogP contribution in [-0.2, 0) is 19.1 Å². The summed E-state index contributed by atoms with van der Waals surface area (Å²) < 4.78 is 20.0. The van der Waals surface area contributed by atoms with Gasteiger partial charge in [-0.25, -0.2) is 4.79 Å². The molecule has 0 radical (unpaired) electrons. The minimum absolute atomic E-state index is 0.0264. The zero-order valence-electron chi connectivity index (χ0n) is 15.6. The molecule has 0 heterocycles. The number of thioether (sulfide) groups is 1. The fourth-order valence-electron chi connectivity index (χ4n) is 2.04. The molecule has 1 aromatic carbocycles. The SMILES string of the molecule is COC(=O)[C@H](CSC(=O)c1cc(OC)c(OC(C)=O)c(OC)c1)NC(C)=O. The Labute approximate surface area is 160 Å². The van der Waals surface area contributed by atoms with Gasteiger partial charge in [-0.15, -0.1) is 0 Å². The highest BCUT2D eigenvalue weighted by molar-refractivity contribution is 8.14. The Morgan fingerprint density at radius 2 is 1.59 bits per heavy atom. The number of esters is 2. The molecule has 1 N–H and O–H groups in total. The molecular formula is C17H21NO8S. The summed E-state index contributed by atoms with van der Waals surface area (Å²) in [6.45, 7) is 2.48. The van der Waals surface area contributed by atoms with Crippen LogP contribution in [-0.4, -0.2) is 56.1 Å². The highest BCUT2D eigenvalue weighted by Gasteiger charge is 2.24. The summed E-state index contributed by atoms with van der Waals surface area (Å²) >= 11 is 0.808. The Balaban J connectivity index is 3.04. The van der Waals surface area contributed by atoms with E-state index in [9.17, 15) is 19.2 Å². The quantitative estimate of drug-likeness (QED) is 0.508. The zero-order chi connectivity index (χ0) is 20.6. The lowest BCUT2D eigenvalue weighted by Gasteiger charge is -2.16. The standard InChI is InChI=1S/C17H21NO8S/c1-9(19)18-12(16(21)25-5)8-27-17(22)11-6-13(23-3)15(26-10(2)20)14(7-11)24-4/h6-7,12H,8H2,1-5H3,(H,18,19)/t12-/m0/s1. The predicted octanol–water partition coefficient (Wildman–Crippen LogP) is 1.18. The highest BCUT2D eigenvalue weighted by Crippen LogP contribution is 2.39. The minimum Gasteiger partial charge on any atom is -0.493 e. The first-order valence-corrected chi connectivity index (χ1v) is 8.68. The monoisotopic (exact) mass is 399 g/mol. The van der Waals surface area contributed by atoms with Gasteiger partial charge in [0.15, 0.2) is 11.5 Å². The summed E-state index contributed by atoms with van der Waals surface area (Å²) in [6.07, 6.45) is 0. The summed E-state index contributed by atoms with van der Waals surface area (Å²) in [7, 11) is 3.90. The van der Waals surface area contributed by atoms with Gasteiger partial charge in [-0.2, -0.15) is 0 Å². The molecule has 27 heavy (non-hydrogen) atoms. The number of nitrogens with one attached hydrogen (secondary N) is 1. The molecule has 10 heteroatoms. The van der Waals surface area contributed by atoms with Gasteiger partial charge in [-0.3, -0.25) is 14.4 Å². The van der Waals surface area contributed by atoms with Crippen molar-refractivity contribution >= 4 is 34.7 Å². The molecule has 0 unspecified atom stereocenters. The van der Waals surface area contributed by atoms with Crippen molar-refractivity contribution in [2.45, 2.75) is 19.9 Å². The average Bonchev–Trinajstić information content (AvgIpc) is 2.63. The number of carbonyl (C=O) groups excluding carboxylic acids is 4. The maximum atomic E-state index is 12.5. The van der Waals surface area contributed by atoms with E-state index in [2.05, 4.69) is 10.1 Å². The Hall–Kier alpha value is -2.75. The van der Waals surface area contributed by atoms with Crippen molar-refractivity contribution in [1.29, 1.82) is 0 Å². The molecule has 0 bridgehead atoms. The molecule has 1 aromatic rings. The fraction of sp³-hybridized carbons (Fsp3) is 0.412. The van der Waals surface area contributed by atoms with Crippen molar-refractivity contribution < 1.29 is 38.1 Å². The van der Waals surface area contributed by atoms with Crippen molar-refractivity contribution in [3.8, 4) is 17.2 Å². The third kappa shape index (κ3) is 6.48. The average molecular weight is 399 g/mol. The number of amides is 1. The van der Waals surface area contributed by atoms with Crippen LogP contribution in [0, 0.1) is 0 Å². The molecule has 0 spiro atoms. The molecular weight excluding hydrogens is 378 g/mol. The molecule has 9 nitrogen and oxygen atoms in total. The van der Waals surface area contributed by atoms with Crippen molar-refractivity contribution in [3.63, 3.8) is 0 Å². The largest absolute Gasteiger partial charge is 0.493 e. The first-order chi connectivity index (χ1) is 12.7. The zero-order valence-corrected chi connectivity index (χ0v) is 16.4. The van der Waals surface area contributed by atoms with E-state index in [0.29, 0.717) is 0 Å². The normalized spacial score (nSPS) is 11.1. The number of hydrogen-bond acceptors (Lipinski definition) is 9. The van der Waals surface area contributed by atoms with E-state index in [4.69, 9.17) is 14.2 Å². The van der Waals surface area contributed by atoms with Crippen molar-refractivity contribution in [2.75, 3.05) is 27.1 Å². The summed E-state index contributed by atoms with van der Waals surface area (Å²) in [5, 5.41) is 2.02. The molecule has 148 valence electrons. The molecule has 0 aliphatic rings. The second-order valence-electron chi connectivity index (χ2n) is 5.18. The van der Waals surface area contributed by atoms with Crippen molar-refractivity contribution in [1.82, 2.24) is 5.32 Å². The lowest BCUT2D eigenvalue weighted by atomic mass is 10.2. The van der Waals surface area contributed by atoms with E-state index >= 15 is 0 Å². The van der Waals surface area contributed by atoms with Gasteiger partial charge < -0.3 is 24.3 Å². The molecule has 1 amide bonds. The number of ether oxygens (including phenoxy) is 4. The van der Waals surface area contributed by atoms with Crippen LogP contribution in [0.3, 0.4) is 0 Å². The number of rotatable bonds is 8. The van der Waals surface area contributed by atoms with Gasteiger partial charge in [0.1, 0.15) is 6.04 Å². The van der Waals surface area contributed by atoms with Crippen LogP contribution in [0.15, 0.2) is 12.1 Å². The van der Waals surface area contributed by atoms with Crippen LogP contribution >= 0.6 is 11.8 Å². The van der Waals surface area contributed by atoms with E-state index < -0.39 is 29.0 Å². The molecule has 0 fully saturated rings. The molecule has 1 rings (SSSR count). The summed E-state index contributed by atoms with van der Waals surface area (Å²) in [5.74, 6) is -1.35. The van der Waals surface area contributed by atoms with Crippen LogP contribution < -0.4 is 19.5 Å². The van der Waals surface area contributed by atoms with Gasteiger partial charge in [0.2, 0.25) is 16.8 Å². The number of hydrogen-bond donors (Lipinski definition) is 1. The van der Waals surface area contributed by atoms with Crippen LogP contribution in [0.1, 0.15) is 24.2 Å². The van der Waals surface area contributed by atoms with Gasteiger partial charge in [0.05, 0.1) is 21.3 Å². The van der Waals surface area contributed by atoms with Gasteiger partial charge in [-0.1, -0.05) is 11.8 Å². The van der Waals surface area contributed by atoms with E-state index in [1.165, 1.54) is 47.3 Å². The Kier molecular flexibility index (Phi) is 8.60. The third-order valence-corrected chi connectivity index (χ3v) is 4.18. The lowest BCUT2D eigenvalue weighted by molar-refractivity contribution is -0.144. The predicted molar refractivity (Wildman–Crippen MR) is 97.3 cm³/mol. The molecule has 0 aliphatic carbocycles. The van der Waals surface area contributed by atoms with E-state index in [0.717, 1.165) is 11.8 Å². The number of methoxy groups -OCH3 is 3. The second kappa shape index (κ2) is 10.4. The number of benzene rings is 1. The van der Waals surface area contributed by atoms with Crippen molar-refractivity contribution in [2.24, 2.45) is 0 Å². The molecule has 0 saturated heterocycles. The fourth-order valence-corrected chi connectivity index (χ4v) is 2.86. The smallest absolute Gasteiger partial charge is 0.329 e.